The molecule has 2 aromatic carbocycles. The highest BCUT2D eigenvalue weighted by Gasteiger charge is 2.18. The van der Waals surface area contributed by atoms with Crippen LogP contribution >= 0.6 is 38.5 Å². The number of hydrogen-bond acceptors (Lipinski definition) is 2. The third-order valence-electron chi connectivity index (χ3n) is 2.40. The summed E-state index contributed by atoms with van der Waals surface area (Å²) in [5, 5.41) is 3.37. The van der Waals surface area contributed by atoms with Gasteiger partial charge in [-0.3, -0.25) is 0 Å². The van der Waals surface area contributed by atoms with Crippen molar-refractivity contribution < 1.29 is 4.74 Å². The standard InChI is InChI=1S/C12H7BrINO/c13-8-2-1-3-11-12(8)15-9-6-7(14)4-5-10(9)16-11/h1-6,15H. The number of rotatable bonds is 0. The molecule has 0 amide bonds. The summed E-state index contributed by atoms with van der Waals surface area (Å²) in [6.07, 6.45) is 0. The largest absolute Gasteiger partial charge is 0.453 e. The average molecular weight is 388 g/mol. The summed E-state index contributed by atoms with van der Waals surface area (Å²) in [6, 6.07) is 12.0. The van der Waals surface area contributed by atoms with E-state index >= 15 is 0 Å². The molecule has 0 aromatic heterocycles. The fourth-order valence-corrected chi connectivity index (χ4v) is 2.59. The Morgan fingerprint density at radius 1 is 1.12 bits per heavy atom. The van der Waals surface area contributed by atoms with Gasteiger partial charge in [0.1, 0.15) is 0 Å². The van der Waals surface area contributed by atoms with E-state index in [1.165, 1.54) is 3.57 Å². The molecular weight excluding hydrogens is 381 g/mol. The summed E-state index contributed by atoms with van der Waals surface area (Å²) in [4.78, 5) is 0. The van der Waals surface area contributed by atoms with Gasteiger partial charge in [-0.05, 0) is 68.9 Å². The lowest BCUT2D eigenvalue weighted by molar-refractivity contribution is 0.480. The Hall–Kier alpha value is -0.750. The molecule has 1 N–H and O–H groups in total. The highest BCUT2D eigenvalue weighted by Crippen LogP contribution is 2.45. The van der Waals surface area contributed by atoms with Crippen LogP contribution in [0.2, 0.25) is 0 Å². The molecule has 1 aliphatic rings. The van der Waals surface area contributed by atoms with E-state index in [0.717, 1.165) is 27.3 Å². The third-order valence-corrected chi connectivity index (χ3v) is 3.73. The molecule has 0 atom stereocenters. The molecule has 4 heteroatoms. The van der Waals surface area contributed by atoms with Crippen LogP contribution in [0.3, 0.4) is 0 Å². The lowest BCUT2D eigenvalue weighted by Gasteiger charge is -2.22. The Labute approximate surface area is 115 Å². The Balaban J connectivity index is 2.13. The highest BCUT2D eigenvalue weighted by atomic mass is 127. The van der Waals surface area contributed by atoms with Gasteiger partial charge in [-0.2, -0.15) is 0 Å². The molecule has 0 saturated carbocycles. The fraction of sp³-hybridized carbons (Fsp3) is 0. The van der Waals surface area contributed by atoms with Crippen molar-refractivity contribution in [1.82, 2.24) is 0 Å². The summed E-state index contributed by atoms with van der Waals surface area (Å²) < 4.78 is 8.01. The van der Waals surface area contributed by atoms with Gasteiger partial charge in [-0.15, -0.1) is 0 Å². The van der Waals surface area contributed by atoms with Crippen molar-refractivity contribution in [2.75, 3.05) is 5.32 Å². The second kappa shape index (κ2) is 3.92. The van der Waals surface area contributed by atoms with Gasteiger partial charge in [0.25, 0.3) is 0 Å². The maximum Gasteiger partial charge on any atom is 0.152 e. The van der Waals surface area contributed by atoms with Crippen molar-refractivity contribution in [2.24, 2.45) is 0 Å². The van der Waals surface area contributed by atoms with Gasteiger partial charge in [0.15, 0.2) is 11.5 Å². The number of para-hydroxylation sites is 1. The minimum absolute atomic E-state index is 0.850. The smallest absolute Gasteiger partial charge is 0.152 e. The van der Waals surface area contributed by atoms with Crippen molar-refractivity contribution in [3.63, 3.8) is 0 Å². The second-order valence-electron chi connectivity index (χ2n) is 3.48. The van der Waals surface area contributed by atoms with Crippen LogP contribution in [0.25, 0.3) is 0 Å². The number of halogens is 2. The predicted octanol–water partition coefficient (Wildman–Crippen LogP) is 4.90. The van der Waals surface area contributed by atoms with E-state index in [1.54, 1.807) is 0 Å². The summed E-state index contributed by atoms with van der Waals surface area (Å²) >= 11 is 5.79. The van der Waals surface area contributed by atoms with Gasteiger partial charge in [-0.25, -0.2) is 0 Å². The molecule has 3 rings (SSSR count). The average Bonchev–Trinajstić information content (AvgIpc) is 2.28. The number of benzene rings is 2. The molecule has 0 aliphatic carbocycles. The van der Waals surface area contributed by atoms with Crippen molar-refractivity contribution in [3.8, 4) is 11.5 Å². The van der Waals surface area contributed by atoms with Crippen LogP contribution in [0.4, 0.5) is 11.4 Å². The molecule has 0 radical (unpaired) electrons. The van der Waals surface area contributed by atoms with E-state index in [-0.39, 0.29) is 0 Å². The van der Waals surface area contributed by atoms with Crippen molar-refractivity contribution in [2.45, 2.75) is 0 Å². The summed E-state index contributed by atoms with van der Waals surface area (Å²) in [7, 11) is 0. The first kappa shape index (κ1) is 10.4. The molecule has 1 aliphatic heterocycles. The van der Waals surface area contributed by atoms with E-state index in [2.05, 4.69) is 49.9 Å². The van der Waals surface area contributed by atoms with E-state index < -0.39 is 0 Å². The molecule has 0 bridgehead atoms. The Kier molecular flexibility index (Phi) is 2.55. The number of anilines is 2. The molecule has 0 spiro atoms. The van der Waals surface area contributed by atoms with Crippen LogP contribution in [0.1, 0.15) is 0 Å². The molecule has 16 heavy (non-hydrogen) atoms. The van der Waals surface area contributed by atoms with Crippen LogP contribution in [0.15, 0.2) is 40.9 Å². The van der Waals surface area contributed by atoms with Crippen molar-refractivity contribution in [3.05, 3.63) is 44.4 Å². The van der Waals surface area contributed by atoms with E-state index in [1.807, 2.05) is 30.3 Å². The molecule has 2 aromatic rings. The number of nitrogens with one attached hydrogen (secondary N) is 1. The topological polar surface area (TPSA) is 21.3 Å². The van der Waals surface area contributed by atoms with Crippen LogP contribution in [-0.4, -0.2) is 0 Å². The van der Waals surface area contributed by atoms with Gasteiger partial charge >= 0.3 is 0 Å². The monoisotopic (exact) mass is 387 g/mol. The fourth-order valence-electron chi connectivity index (χ4n) is 1.65. The minimum atomic E-state index is 0.850. The van der Waals surface area contributed by atoms with Gasteiger partial charge in [-0.1, -0.05) is 6.07 Å². The number of fused-ring (bicyclic) bond motifs is 2. The highest BCUT2D eigenvalue weighted by molar-refractivity contribution is 14.1. The zero-order valence-corrected chi connectivity index (χ0v) is 11.9. The molecule has 2 nitrogen and oxygen atoms in total. The maximum atomic E-state index is 5.82. The molecular formula is C12H7BrINO. The van der Waals surface area contributed by atoms with Crippen molar-refractivity contribution in [1.29, 1.82) is 0 Å². The summed E-state index contributed by atoms with van der Waals surface area (Å²) in [5.74, 6) is 1.72. The van der Waals surface area contributed by atoms with Crippen LogP contribution in [0, 0.1) is 3.57 Å². The zero-order chi connectivity index (χ0) is 11.1. The molecule has 80 valence electrons. The molecule has 0 fully saturated rings. The van der Waals surface area contributed by atoms with Crippen molar-refractivity contribution >= 4 is 49.9 Å². The predicted molar refractivity (Wildman–Crippen MR) is 76.7 cm³/mol. The second-order valence-corrected chi connectivity index (χ2v) is 5.58. The Bertz CT molecular complexity index is 571. The van der Waals surface area contributed by atoms with Crippen LogP contribution in [0.5, 0.6) is 11.5 Å². The SMILES string of the molecule is Brc1cccc2c1Nc1cc(I)ccc1O2. The van der Waals surface area contributed by atoms with Gasteiger partial charge in [0, 0.05) is 8.04 Å². The summed E-state index contributed by atoms with van der Waals surface area (Å²) in [5.41, 5.74) is 1.99. The lowest BCUT2D eigenvalue weighted by Crippen LogP contribution is -2.03. The Morgan fingerprint density at radius 2 is 2.00 bits per heavy atom. The van der Waals surface area contributed by atoms with Crippen LogP contribution in [-0.2, 0) is 0 Å². The van der Waals surface area contributed by atoms with Gasteiger partial charge < -0.3 is 10.1 Å². The van der Waals surface area contributed by atoms with Gasteiger partial charge in [0.2, 0.25) is 0 Å². The Morgan fingerprint density at radius 3 is 2.88 bits per heavy atom. The maximum absolute atomic E-state index is 5.82. The third kappa shape index (κ3) is 1.69. The normalized spacial score (nSPS) is 12.1. The first-order valence-electron chi connectivity index (χ1n) is 4.77. The zero-order valence-electron chi connectivity index (χ0n) is 8.13. The molecule has 0 saturated heterocycles. The number of ether oxygens (including phenoxy) is 1. The van der Waals surface area contributed by atoms with E-state index in [9.17, 15) is 0 Å². The number of hydrogen-bond donors (Lipinski definition) is 1. The van der Waals surface area contributed by atoms with Gasteiger partial charge in [0.05, 0.1) is 11.4 Å². The van der Waals surface area contributed by atoms with E-state index in [4.69, 9.17) is 4.74 Å². The molecule has 1 heterocycles. The van der Waals surface area contributed by atoms with Crippen LogP contribution < -0.4 is 10.1 Å². The first-order valence-corrected chi connectivity index (χ1v) is 6.64. The van der Waals surface area contributed by atoms with E-state index in [0.29, 0.717) is 0 Å². The molecule has 0 unspecified atom stereocenters. The first-order chi connectivity index (χ1) is 7.74. The summed E-state index contributed by atoms with van der Waals surface area (Å²) in [6.45, 7) is 0. The quantitative estimate of drug-likeness (QED) is 0.554. The lowest BCUT2D eigenvalue weighted by atomic mass is 10.2. The minimum Gasteiger partial charge on any atom is -0.453 e.